The van der Waals surface area contributed by atoms with Crippen LogP contribution in [0.15, 0.2) is 48.5 Å². The van der Waals surface area contributed by atoms with E-state index in [0.29, 0.717) is 30.3 Å². The normalized spacial score (nSPS) is 16.2. The first kappa shape index (κ1) is 20.7. The van der Waals surface area contributed by atoms with Crippen LogP contribution in [0.1, 0.15) is 25.8 Å². The smallest absolute Gasteiger partial charge is 0.228 e. The van der Waals surface area contributed by atoms with Crippen LogP contribution in [-0.4, -0.2) is 43.5 Å². The number of benzene rings is 2. The lowest BCUT2D eigenvalue weighted by atomic mass is 10.1. The molecule has 2 aromatic rings. The van der Waals surface area contributed by atoms with Crippen molar-refractivity contribution >= 4 is 17.5 Å². The van der Waals surface area contributed by atoms with Gasteiger partial charge in [0.2, 0.25) is 11.8 Å². The molecule has 1 aliphatic rings. The summed E-state index contributed by atoms with van der Waals surface area (Å²) in [5, 5.41) is 0. The van der Waals surface area contributed by atoms with E-state index in [1.807, 2.05) is 49.1 Å². The summed E-state index contributed by atoms with van der Waals surface area (Å²) in [5.41, 5.74) is 1.71. The van der Waals surface area contributed by atoms with Crippen LogP contribution in [0.3, 0.4) is 0 Å². The lowest BCUT2D eigenvalue weighted by Gasteiger charge is -2.29. The predicted molar refractivity (Wildman–Crippen MR) is 112 cm³/mol. The molecule has 1 atom stereocenters. The Hall–Kier alpha value is -3.02. The number of amides is 2. The molecule has 0 unspecified atom stereocenters. The van der Waals surface area contributed by atoms with Crippen molar-refractivity contribution < 1.29 is 19.1 Å². The second-order valence-electron chi connectivity index (χ2n) is 7.49. The summed E-state index contributed by atoms with van der Waals surface area (Å²) < 4.78 is 10.7. The molecule has 1 saturated heterocycles. The molecular weight excluding hydrogens is 368 g/mol. The van der Waals surface area contributed by atoms with Gasteiger partial charge in [-0.05, 0) is 31.5 Å². The summed E-state index contributed by atoms with van der Waals surface area (Å²) in [6, 6.07) is 15.3. The van der Waals surface area contributed by atoms with Crippen molar-refractivity contribution in [2.75, 3.05) is 25.7 Å². The Balaban J connectivity index is 1.80. The fourth-order valence-electron chi connectivity index (χ4n) is 3.64. The van der Waals surface area contributed by atoms with Crippen LogP contribution in [0, 0.1) is 5.92 Å². The minimum Gasteiger partial charge on any atom is -0.497 e. The number of methoxy groups -OCH3 is 2. The summed E-state index contributed by atoms with van der Waals surface area (Å²) in [5.74, 6) is 0.748. The van der Waals surface area contributed by atoms with Crippen molar-refractivity contribution in [2.45, 2.75) is 32.9 Å². The standard InChI is InChI=1S/C23H28N2O4/c1-16(2)24(14-17-8-6-5-7-9-17)23(27)18-12-22(26)25(15-18)20-13-19(28-3)10-11-21(20)29-4/h5-11,13,16,18H,12,14-15H2,1-4H3/t18-/m1/s1. The third kappa shape index (κ3) is 4.53. The Bertz CT molecular complexity index is 866. The zero-order valence-corrected chi connectivity index (χ0v) is 17.4. The number of anilines is 1. The molecule has 29 heavy (non-hydrogen) atoms. The second kappa shape index (κ2) is 8.99. The van der Waals surface area contributed by atoms with Gasteiger partial charge in [-0.3, -0.25) is 9.59 Å². The van der Waals surface area contributed by atoms with Crippen molar-refractivity contribution in [3.05, 3.63) is 54.1 Å². The molecule has 0 aliphatic carbocycles. The monoisotopic (exact) mass is 396 g/mol. The van der Waals surface area contributed by atoms with E-state index >= 15 is 0 Å². The van der Waals surface area contributed by atoms with Crippen molar-refractivity contribution in [3.63, 3.8) is 0 Å². The number of carbonyl (C=O) groups excluding carboxylic acids is 2. The van der Waals surface area contributed by atoms with Crippen LogP contribution in [0.2, 0.25) is 0 Å². The average molecular weight is 396 g/mol. The summed E-state index contributed by atoms with van der Waals surface area (Å²) in [6.07, 6.45) is 0.192. The van der Waals surface area contributed by atoms with Gasteiger partial charge >= 0.3 is 0 Å². The van der Waals surface area contributed by atoms with Crippen LogP contribution in [0.4, 0.5) is 5.69 Å². The van der Waals surface area contributed by atoms with Crippen LogP contribution in [-0.2, 0) is 16.1 Å². The SMILES string of the molecule is COc1ccc(OC)c(N2C[C@H](C(=O)N(Cc3ccccc3)C(C)C)CC2=O)c1. The number of nitrogens with zero attached hydrogens (tertiary/aromatic N) is 2. The summed E-state index contributed by atoms with van der Waals surface area (Å²) in [7, 11) is 3.14. The first-order chi connectivity index (χ1) is 13.9. The summed E-state index contributed by atoms with van der Waals surface area (Å²) in [6.45, 7) is 4.87. The van der Waals surface area contributed by atoms with Gasteiger partial charge in [0.1, 0.15) is 11.5 Å². The molecule has 0 aromatic heterocycles. The summed E-state index contributed by atoms with van der Waals surface area (Å²) in [4.78, 5) is 29.5. The van der Waals surface area contributed by atoms with Gasteiger partial charge in [-0.1, -0.05) is 30.3 Å². The Labute approximate surface area is 172 Å². The zero-order chi connectivity index (χ0) is 21.0. The third-order valence-electron chi connectivity index (χ3n) is 5.25. The van der Waals surface area contributed by atoms with Crippen LogP contribution < -0.4 is 14.4 Å². The van der Waals surface area contributed by atoms with Gasteiger partial charge in [-0.25, -0.2) is 0 Å². The highest BCUT2D eigenvalue weighted by Gasteiger charge is 2.38. The molecule has 6 nitrogen and oxygen atoms in total. The fourth-order valence-corrected chi connectivity index (χ4v) is 3.64. The Morgan fingerprint density at radius 1 is 1.14 bits per heavy atom. The van der Waals surface area contributed by atoms with Gasteiger partial charge in [-0.15, -0.1) is 0 Å². The van der Waals surface area contributed by atoms with E-state index in [0.717, 1.165) is 5.56 Å². The average Bonchev–Trinajstić information content (AvgIpc) is 3.13. The van der Waals surface area contributed by atoms with E-state index in [2.05, 4.69) is 0 Å². The molecule has 3 rings (SSSR count). The second-order valence-corrected chi connectivity index (χ2v) is 7.49. The Morgan fingerprint density at radius 2 is 1.86 bits per heavy atom. The molecule has 0 radical (unpaired) electrons. The van der Waals surface area contributed by atoms with Gasteiger partial charge in [0.05, 0.1) is 25.8 Å². The highest BCUT2D eigenvalue weighted by atomic mass is 16.5. The Morgan fingerprint density at radius 3 is 2.48 bits per heavy atom. The van der Waals surface area contributed by atoms with E-state index < -0.39 is 0 Å². The van der Waals surface area contributed by atoms with E-state index in [9.17, 15) is 9.59 Å². The van der Waals surface area contributed by atoms with Crippen molar-refractivity contribution in [1.29, 1.82) is 0 Å². The van der Waals surface area contributed by atoms with Crippen molar-refractivity contribution in [3.8, 4) is 11.5 Å². The van der Waals surface area contributed by atoms with Crippen molar-refractivity contribution in [2.24, 2.45) is 5.92 Å². The molecule has 0 spiro atoms. The maximum Gasteiger partial charge on any atom is 0.228 e. The lowest BCUT2D eigenvalue weighted by molar-refractivity contribution is -0.138. The molecular formula is C23H28N2O4. The quantitative estimate of drug-likeness (QED) is 0.719. The highest BCUT2D eigenvalue weighted by molar-refractivity contribution is 6.01. The molecule has 0 bridgehead atoms. The molecule has 1 heterocycles. The van der Waals surface area contributed by atoms with E-state index in [4.69, 9.17) is 9.47 Å². The molecule has 2 amide bonds. The van der Waals surface area contributed by atoms with Crippen LogP contribution >= 0.6 is 0 Å². The third-order valence-corrected chi connectivity index (χ3v) is 5.25. The maximum atomic E-state index is 13.3. The molecule has 6 heteroatoms. The summed E-state index contributed by atoms with van der Waals surface area (Å²) >= 11 is 0. The molecule has 2 aromatic carbocycles. The first-order valence-corrected chi connectivity index (χ1v) is 9.81. The number of rotatable bonds is 7. The number of hydrogen-bond acceptors (Lipinski definition) is 4. The zero-order valence-electron chi connectivity index (χ0n) is 17.4. The Kier molecular flexibility index (Phi) is 6.42. The van der Waals surface area contributed by atoms with Gasteiger partial charge in [0, 0.05) is 31.6 Å². The number of ether oxygens (including phenoxy) is 2. The minimum absolute atomic E-state index is 0.00145. The molecule has 0 saturated carbocycles. The minimum atomic E-state index is -0.385. The lowest BCUT2D eigenvalue weighted by Crippen LogP contribution is -2.41. The van der Waals surface area contributed by atoms with Gasteiger partial charge in [0.15, 0.2) is 0 Å². The maximum absolute atomic E-state index is 13.3. The van der Waals surface area contributed by atoms with Gasteiger partial charge < -0.3 is 19.3 Å². The first-order valence-electron chi connectivity index (χ1n) is 9.81. The molecule has 0 N–H and O–H groups in total. The fraction of sp³-hybridized carbons (Fsp3) is 0.391. The number of carbonyl (C=O) groups is 2. The molecule has 1 aliphatic heterocycles. The topological polar surface area (TPSA) is 59.1 Å². The molecule has 154 valence electrons. The van der Waals surface area contributed by atoms with Gasteiger partial charge in [0.25, 0.3) is 0 Å². The molecule has 1 fully saturated rings. The largest absolute Gasteiger partial charge is 0.497 e. The van der Waals surface area contributed by atoms with Gasteiger partial charge in [-0.2, -0.15) is 0 Å². The number of hydrogen-bond donors (Lipinski definition) is 0. The van der Waals surface area contributed by atoms with E-state index in [-0.39, 0.29) is 30.2 Å². The van der Waals surface area contributed by atoms with Crippen molar-refractivity contribution in [1.82, 2.24) is 4.90 Å². The van der Waals surface area contributed by atoms with Crippen LogP contribution in [0.25, 0.3) is 0 Å². The van der Waals surface area contributed by atoms with E-state index in [1.165, 1.54) is 0 Å². The van der Waals surface area contributed by atoms with Crippen LogP contribution in [0.5, 0.6) is 11.5 Å². The highest BCUT2D eigenvalue weighted by Crippen LogP contribution is 2.36. The predicted octanol–water partition coefficient (Wildman–Crippen LogP) is 3.49. The van der Waals surface area contributed by atoms with E-state index in [1.54, 1.807) is 37.3 Å².